The minimum absolute atomic E-state index is 0.154. The monoisotopic (exact) mass is 386 g/mol. The molecule has 0 aromatic heterocycles. The minimum atomic E-state index is -1.48. The van der Waals surface area contributed by atoms with E-state index in [0.29, 0.717) is 4.48 Å². The van der Waals surface area contributed by atoms with E-state index in [2.05, 4.69) is 6.92 Å². The lowest BCUT2D eigenvalue weighted by atomic mass is 9.97. The van der Waals surface area contributed by atoms with Crippen molar-refractivity contribution in [3.05, 3.63) is 11.8 Å². The van der Waals surface area contributed by atoms with Crippen LogP contribution >= 0.6 is 0 Å². The Bertz CT molecular complexity index is 468. The Kier molecular flexibility index (Phi) is 13.0. The lowest BCUT2D eigenvalue weighted by Crippen LogP contribution is -2.46. The van der Waals surface area contributed by atoms with E-state index in [1.807, 2.05) is 21.1 Å². The average Bonchev–Trinajstić information content (AvgIpc) is 2.51. The molecule has 0 aliphatic rings. The van der Waals surface area contributed by atoms with Crippen molar-refractivity contribution in [3.8, 4) is 0 Å². The van der Waals surface area contributed by atoms with Gasteiger partial charge < -0.3 is 19.8 Å². The second kappa shape index (κ2) is 13.7. The molecule has 0 aliphatic carbocycles. The number of quaternary nitrogens is 1. The van der Waals surface area contributed by atoms with Gasteiger partial charge >= 0.3 is 5.97 Å². The molecule has 2 atom stereocenters. The van der Waals surface area contributed by atoms with Gasteiger partial charge in [0.15, 0.2) is 5.78 Å². The minimum Gasteiger partial charge on any atom is -0.511 e. The van der Waals surface area contributed by atoms with E-state index in [9.17, 15) is 24.9 Å². The molecular weight excluding hydrogens is 346 g/mol. The highest BCUT2D eigenvalue weighted by Gasteiger charge is 2.34. The van der Waals surface area contributed by atoms with E-state index in [1.54, 1.807) is 0 Å². The first-order valence-corrected chi connectivity index (χ1v) is 10.2. The summed E-state index contributed by atoms with van der Waals surface area (Å²) < 4.78 is 0.352. The first-order valence-electron chi connectivity index (χ1n) is 10.2. The van der Waals surface area contributed by atoms with Crippen molar-refractivity contribution < 1.29 is 29.4 Å². The van der Waals surface area contributed by atoms with Gasteiger partial charge in [-0.05, 0) is 6.42 Å². The lowest BCUT2D eigenvalue weighted by Gasteiger charge is -2.29. The van der Waals surface area contributed by atoms with Gasteiger partial charge in [-0.1, -0.05) is 58.3 Å². The fourth-order valence-electron chi connectivity index (χ4n) is 3.09. The Balaban J connectivity index is 4.29. The van der Waals surface area contributed by atoms with Crippen LogP contribution in [0.25, 0.3) is 0 Å². The first-order chi connectivity index (χ1) is 12.6. The first kappa shape index (κ1) is 25.6. The zero-order valence-electron chi connectivity index (χ0n) is 17.6. The number of unbranched alkanes of at least 4 members (excludes halogenated alkanes) is 8. The number of ketones is 1. The smallest absolute Gasteiger partial charge is 0.317 e. The number of carboxylic acid groups (broad SMARTS) is 1. The summed E-state index contributed by atoms with van der Waals surface area (Å²) >= 11 is 0. The summed E-state index contributed by atoms with van der Waals surface area (Å²) in [5.41, 5.74) is 0. The molecule has 0 saturated carbocycles. The number of aliphatic carboxylic acids is 1. The van der Waals surface area contributed by atoms with Crippen LogP contribution in [0.15, 0.2) is 11.8 Å². The highest BCUT2D eigenvalue weighted by atomic mass is 16.4. The molecular formula is C21H40NO5+. The van der Waals surface area contributed by atoms with Crippen LogP contribution in [0.2, 0.25) is 0 Å². The molecule has 0 aromatic carbocycles. The molecule has 0 heterocycles. The molecule has 158 valence electrons. The van der Waals surface area contributed by atoms with Crippen LogP contribution in [0, 0.1) is 5.92 Å². The standard InChI is InChI=1S/C21H39NO5/c1-5-6-7-8-9-10-11-12-13-14-17(23)15-18(24)20(21(26)27)19(25)16-22(2,3)4/h15,19-20,25H,5-14,16H2,1-4H3,(H-,23,24,26,27)/p+1. The van der Waals surface area contributed by atoms with Crippen molar-refractivity contribution in [1.82, 2.24) is 0 Å². The van der Waals surface area contributed by atoms with Gasteiger partial charge in [0.05, 0.1) is 21.1 Å². The summed E-state index contributed by atoms with van der Waals surface area (Å²) in [6.45, 7) is 2.35. The molecule has 0 spiro atoms. The number of rotatable bonds is 16. The number of carboxylic acids is 1. The van der Waals surface area contributed by atoms with Crippen LogP contribution in [-0.2, 0) is 9.59 Å². The molecule has 0 bridgehead atoms. The predicted molar refractivity (Wildman–Crippen MR) is 108 cm³/mol. The van der Waals surface area contributed by atoms with Gasteiger partial charge in [-0.15, -0.1) is 0 Å². The summed E-state index contributed by atoms with van der Waals surface area (Å²) in [7, 11) is 5.45. The van der Waals surface area contributed by atoms with E-state index >= 15 is 0 Å². The number of allylic oxidation sites excluding steroid dienone is 1. The molecule has 2 unspecified atom stereocenters. The second-order valence-electron chi connectivity index (χ2n) is 8.47. The summed E-state index contributed by atoms with van der Waals surface area (Å²) in [6.07, 6.45) is 10.3. The van der Waals surface area contributed by atoms with Crippen molar-refractivity contribution in [1.29, 1.82) is 0 Å². The fraction of sp³-hybridized carbons (Fsp3) is 0.810. The van der Waals surface area contributed by atoms with Gasteiger partial charge in [0, 0.05) is 12.5 Å². The normalized spacial score (nSPS) is 14.8. The number of nitrogens with zero attached hydrogens (tertiary/aromatic N) is 1. The van der Waals surface area contributed by atoms with Crippen LogP contribution in [0.1, 0.15) is 71.1 Å². The zero-order chi connectivity index (χ0) is 20.9. The maximum absolute atomic E-state index is 12.0. The lowest BCUT2D eigenvalue weighted by molar-refractivity contribution is -0.873. The maximum atomic E-state index is 12.0. The number of carbonyl (C=O) groups is 2. The van der Waals surface area contributed by atoms with Crippen molar-refractivity contribution >= 4 is 11.8 Å². The predicted octanol–water partition coefficient (Wildman–Crippen LogP) is 3.69. The number of hydrogen-bond acceptors (Lipinski definition) is 4. The number of carbonyl (C=O) groups excluding carboxylic acids is 1. The molecule has 0 radical (unpaired) electrons. The number of likely N-dealkylation sites (N-methyl/N-ethyl adjacent to an activating group) is 1. The number of hydrogen-bond donors (Lipinski definition) is 3. The quantitative estimate of drug-likeness (QED) is 0.163. The maximum Gasteiger partial charge on any atom is 0.317 e. The van der Waals surface area contributed by atoms with Gasteiger partial charge in [-0.25, -0.2) is 0 Å². The third-order valence-electron chi connectivity index (χ3n) is 4.54. The second-order valence-corrected chi connectivity index (χ2v) is 8.47. The van der Waals surface area contributed by atoms with Crippen LogP contribution in [0.5, 0.6) is 0 Å². The third-order valence-corrected chi connectivity index (χ3v) is 4.54. The van der Waals surface area contributed by atoms with E-state index in [1.165, 1.54) is 38.5 Å². The highest BCUT2D eigenvalue weighted by Crippen LogP contribution is 2.17. The van der Waals surface area contributed by atoms with Crippen LogP contribution in [-0.4, -0.2) is 65.3 Å². The van der Waals surface area contributed by atoms with Crippen LogP contribution in [0.3, 0.4) is 0 Å². The van der Waals surface area contributed by atoms with Crippen LogP contribution in [0.4, 0.5) is 0 Å². The van der Waals surface area contributed by atoms with E-state index in [4.69, 9.17) is 0 Å². The van der Waals surface area contributed by atoms with Crippen molar-refractivity contribution in [2.45, 2.75) is 77.2 Å². The number of aliphatic hydroxyl groups excluding tert-OH is 2. The Morgan fingerprint density at radius 1 is 0.889 bits per heavy atom. The molecule has 3 N–H and O–H groups in total. The van der Waals surface area contributed by atoms with Crippen molar-refractivity contribution in [2.75, 3.05) is 27.7 Å². The molecule has 0 fully saturated rings. The molecule has 0 amide bonds. The summed E-state index contributed by atoms with van der Waals surface area (Å²) in [6, 6.07) is 0. The Hall–Kier alpha value is -1.40. The van der Waals surface area contributed by atoms with Gasteiger partial charge in [0.2, 0.25) is 0 Å². The Labute approximate surface area is 164 Å². The molecule has 0 rings (SSSR count). The summed E-state index contributed by atoms with van der Waals surface area (Å²) in [5, 5.41) is 29.5. The molecule has 0 aliphatic heterocycles. The largest absolute Gasteiger partial charge is 0.511 e. The third kappa shape index (κ3) is 13.4. The molecule has 0 saturated heterocycles. The van der Waals surface area contributed by atoms with Gasteiger partial charge in [0.25, 0.3) is 0 Å². The SMILES string of the molecule is CCCCCCCCCCCC(=O)/C=C(\O)C(C(=O)O)C(O)C[N+](C)(C)C. The molecule has 6 heteroatoms. The highest BCUT2D eigenvalue weighted by molar-refractivity contribution is 5.91. The van der Waals surface area contributed by atoms with Gasteiger partial charge in [-0.2, -0.15) is 0 Å². The van der Waals surface area contributed by atoms with Gasteiger partial charge in [0.1, 0.15) is 24.3 Å². The Morgan fingerprint density at radius 2 is 1.37 bits per heavy atom. The van der Waals surface area contributed by atoms with E-state index in [-0.39, 0.29) is 18.7 Å². The summed E-state index contributed by atoms with van der Waals surface area (Å²) in [5.74, 6) is -3.67. The zero-order valence-corrected chi connectivity index (χ0v) is 17.6. The van der Waals surface area contributed by atoms with Crippen molar-refractivity contribution in [3.63, 3.8) is 0 Å². The summed E-state index contributed by atoms with van der Waals surface area (Å²) in [4.78, 5) is 23.4. The van der Waals surface area contributed by atoms with Crippen molar-refractivity contribution in [2.24, 2.45) is 5.92 Å². The van der Waals surface area contributed by atoms with E-state index < -0.39 is 23.8 Å². The molecule has 0 aromatic rings. The molecule has 6 nitrogen and oxygen atoms in total. The molecule has 27 heavy (non-hydrogen) atoms. The average molecular weight is 387 g/mol. The van der Waals surface area contributed by atoms with E-state index in [0.717, 1.165) is 25.3 Å². The Morgan fingerprint density at radius 3 is 1.81 bits per heavy atom. The number of aliphatic hydroxyl groups is 2. The topological polar surface area (TPSA) is 94.8 Å². The van der Waals surface area contributed by atoms with Gasteiger partial charge in [-0.3, -0.25) is 9.59 Å². The fourth-order valence-corrected chi connectivity index (χ4v) is 3.09. The van der Waals surface area contributed by atoms with Crippen LogP contribution < -0.4 is 0 Å².